The number of benzene rings is 1. The van der Waals surface area contributed by atoms with Gasteiger partial charge >= 0.3 is 0 Å². The Morgan fingerprint density at radius 1 is 1.33 bits per heavy atom. The molecule has 3 N–H and O–H groups in total. The van der Waals surface area contributed by atoms with Crippen molar-refractivity contribution in [2.45, 2.75) is 37.1 Å². The van der Waals surface area contributed by atoms with E-state index in [9.17, 15) is 8.42 Å². The second-order valence-electron chi connectivity index (χ2n) is 5.28. The first-order chi connectivity index (χ1) is 8.36. The highest BCUT2D eigenvalue weighted by molar-refractivity contribution is 7.90. The molecule has 1 aliphatic rings. The molecule has 100 valence electrons. The SMILES string of the molecule is CC1CCC(Nc2ccc(S(C)(=O)=O)cc2N)C1. The Hall–Kier alpha value is -1.23. The van der Waals surface area contributed by atoms with Crippen molar-refractivity contribution >= 4 is 21.2 Å². The van der Waals surface area contributed by atoms with E-state index < -0.39 is 9.84 Å². The van der Waals surface area contributed by atoms with Crippen molar-refractivity contribution in [1.29, 1.82) is 0 Å². The van der Waals surface area contributed by atoms with E-state index in [0.717, 1.165) is 24.4 Å². The maximum absolute atomic E-state index is 11.4. The van der Waals surface area contributed by atoms with Gasteiger partial charge in [-0.25, -0.2) is 8.42 Å². The van der Waals surface area contributed by atoms with Gasteiger partial charge in [-0.05, 0) is 43.4 Å². The number of rotatable bonds is 3. The van der Waals surface area contributed by atoms with Crippen LogP contribution in [0.25, 0.3) is 0 Å². The number of nitrogen functional groups attached to an aromatic ring is 1. The lowest BCUT2D eigenvalue weighted by molar-refractivity contribution is 0.602. The first kappa shape index (κ1) is 13.2. The normalized spacial score (nSPS) is 24.1. The molecule has 2 atom stereocenters. The van der Waals surface area contributed by atoms with E-state index in [1.165, 1.54) is 18.7 Å². The van der Waals surface area contributed by atoms with Crippen LogP contribution in [0.3, 0.4) is 0 Å². The molecular weight excluding hydrogens is 248 g/mol. The topological polar surface area (TPSA) is 72.2 Å². The fourth-order valence-corrected chi connectivity index (χ4v) is 3.12. The Bertz CT molecular complexity index is 540. The first-order valence-electron chi connectivity index (χ1n) is 6.22. The van der Waals surface area contributed by atoms with Crippen LogP contribution >= 0.6 is 0 Å². The molecule has 5 heteroatoms. The quantitative estimate of drug-likeness (QED) is 0.825. The van der Waals surface area contributed by atoms with Gasteiger partial charge in [0, 0.05) is 12.3 Å². The van der Waals surface area contributed by atoms with Crippen LogP contribution in [0.2, 0.25) is 0 Å². The predicted octanol–water partition coefficient (Wildman–Crippen LogP) is 2.27. The Balaban J connectivity index is 2.15. The molecule has 1 aromatic carbocycles. The van der Waals surface area contributed by atoms with Gasteiger partial charge in [0.1, 0.15) is 0 Å². The van der Waals surface area contributed by atoms with Crippen molar-refractivity contribution < 1.29 is 8.42 Å². The summed E-state index contributed by atoms with van der Waals surface area (Å²) in [7, 11) is -3.19. The second kappa shape index (κ2) is 4.80. The molecular formula is C13H20N2O2S. The van der Waals surface area contributed by atoms with Crippen molar-refractivity contribution in [3.05, 3.63) is 18.2 Å². The van der Waals surface area contributed by atoms with Crippen LogP contribution in [0.1, 0.15) is 26.2 Å². The molecule has 0 saturated heterocycles. The van der Waals surface area contributed by atoms with E-state index in [0.29, 0.717) is 11.7 Å². The maximum Gasteiger partial charge on any atom is 0.175 e. The monoisotopic (exact) mass is 268 g/mol. The average molecular weight is 268 g/mol. The number of hydrogen-bond donors (Lipinski definition) is 2. The Morgan fingerprint density at radius 2 is 2.06 bits per heavy atom. The number of nitrogens with two attached hydrogens (primary N) is 1. The van der Waals surface area contributed by atoms with Gasteiger partial charge in [0.2, 0.25) is 0 Å². The Morgan fingerprint density at radius 3 is 2.56 bits per heavy atom. The molecule has 18 heavy (non-hydrogen) atoms. The predicted molar refractivity (Wildman–Crippen MR) is 74.4 cm³/mol. The minimum absolute atomic E-state index is 0.269. The van der Waals surface area contributed by atoms with Gasteiger partial charge in [0.15, 0.2) is 9.84 Å². The van der Waals surface area contributed by atoms with Crippen LogP contribution in [0.4, 0.5) is 11.4 Å². The molecule has 4 nitrogen and oxygen atoms in total. The third kappa shape index (κ3) is 2.96. The molecule has 0 aromatic heterocycles. The molecule has 1 fully saturated rings. The van der Waals surface area contributed by atoms with Crippen LogP contribution in [0, 0.1) is 5.92 Å². The highest BCUT2D eigenvalue weighted by atomic mass is 32.2. The molecule has 2 unspecified atom stereocenters. The van der Waals surface area contributed by atoms with Crippen LogP contribution in [0.5, 0.6) is 0 Å². The highest BCUT2D eigenvalue weighted by Gasteiger charge is 2.21. The van der Waals surface area contributed by atoms with Crippen molar-refractivity contribution in [2.24, 2.45) is 5.92 Å². The van der Waals surface area contributed by atoms with Gasteiger partial charge in [0.25, 0.3) is 0 Å². The molecule has 1 saturated carbocycles. The van der Waals surface area contributed by atoms with Crippen molar-refractivity contribution in [3.8, 4) is 0 Å². The van der Waals surface area contributed by atoms with Gasteiger partial charge in [-0.3, -0.25) is 0 Å². The smallest absolute Gasteiger partial charge is 0.175 e. The summed E-state index contributed by atoms with van der Waals surface area (Å²) in [6, 6.07) is 5.34. The number of sulfone groups is 1. The van der Waals surface area contributed by atoms with E-state index in [4.69, 9.17) is 5.73 Å². The van der Waals surface area contributed by atoms with Gasteiger partial charge < -0.3 is 11.1 Å². The van der Waals surface area contributed by atoms with E-state index in [2.05, 4.69) is 12.2 Å². The second-order valence-corrected chi connectivity index (χ2v) is 7.30. The fraction of sp³-hybridized carbons (Fsp3) is 0.538. The summed E-state index contributed by atoms with van der Waals surface area (Å²) < 4.78 is 22.8. The van der Waals surface area contributed by atoms with Crippen molar-refractivity contribution in [1.82, 2.24) is 0 Å². The summed E-state index contributed by atoms with van der Waals surface area (Å²) in [6.45, 7) is 2.25. The molecule has 0 spiro atoms. The van der Waals surface area contributed by atoms with Crippen LogP contribution in [-0.4, -0.2) is 20.7 Å². The number of nitrogens with one attached hydrogen (secondary N) is 1. The number of hydrogen-bond acceptors (Lipinski definition) is 4. The highest BCUT2D eigenvalue weighted by Crippen LogP contribution is 2.30. The van der Waals surface area contributed by atoms with Gasteiger partial charge in [-0.1, -0.05) is 6.92 Å². The average Bonchev–Trinajstić information content (AvgIpc) is 2.65. The lowest BCUT2D eigenvalue weighted by atomic mass is 10.1. The van der Waals surface area contributed by atoms with Gasteiger partial charge in [-0.2, -0.15) is 0 Å². The first-order valence-corrected chi connectivity index (χ1v) is 8.11. The van der Waals surface area contributed by atoms with E-state index in [1.807, 2.05) is 0 Å². The zero-order valence-corrected chi connectivity index (χ0v) is 11.6. The zero-order chi connectivity index (χ0) is 13.3. The van der Waals surface area contributed by atoms with E-state index >= 15 is 0 Å². The fourth-order valence-electron chi connectivity index (χ4n) is 2.46. The molecule has 0 bridgehead atoms. The third-order valence-electron chi connectivity index (χ3n) is 3.51. The van der Waals surface area contributed by atoms with Crippen molar-refractivity contribution in [3.63, 3.8) is 0 Å². The van der Waals surface area contributed by atoms with Crippen LogP contribution in [0.15, 0.2) is 23.1 Å². The summed E-state index contributed by atoms with van der Waals surface area (Å²) in [5, 5.41) is 3.40. The minimum Gasteiger partial charge on any atom is -0.397 e. The summed E-state index contributed by atoms with van der Waals surface area (Å²) in [4.78, 5) is 0.269. The lowest BCUT2D eigenvalue weighted by Gasteiger charge is -2.16. The summed E-state index contributed by atoms with van der Waals surface area (Å²) >= 11 is 0. The number of anilines is 2. The summed E-state index contributed by atoms with van der Waals surface area (Å²) in [5.74, 6) is 0.749. The largest absolute Gasteiger partial charge is 0.397 e. The van der Waals surface area contributed by atoms with E-state index in [-0.39, 0.29) is 4.90 Å². The standard InChI is InChI=1S/C13H20N2O2S/c1-9-3-4-10(7-9)15-13-6-5-11(8-12(13)14)18(2,16)17/h5-6,8-10,15H,3-4,7,14H2,1-2H3. The molecule has 1 aromatic rings. The van der Waals surface area contributed by atoms with Gasteiger partial charge in [-0.15, -0.1) is 0 Å². The molecule has 0 heterocycles. The molecule has 0 aliphatic heterocycles. The van der Waals surface area contributed by atoms with Crippen molar-refractivity contribution in [2.75, 3.05) is 17.3 Å². The summed E-state index contributed by atoms with van der Waals surface area (Å²) in [6.07, 6.45) is 4.72. The van der Waals surface area contributed by atoms with E-state index in [1.54, 1.807) is 12.1 Å². The van der Waals surface area contributed by atoms with Gasteiger partial charge in [0.05, 0.1) is 16.3 Å². The maximum atomic E-state index is 11.4. The molecule has 2 rings (SSSR count). The van der Waals surface area contributed by atoms with Crippen LogP contribution < -0.4 is 11.1 Å². The zero-order valence-electron chi connectivity index (χ0n) is 10.8. The molecule has 1 aliphatic carbocycles. The van der Waals surface area contributed by atoms with Crippen LogP contribution in [-0.2, 0) is 9.84 Å². The molecule has 0 radical (unpaired) electrons. The lowest BCUT2D eigenvalue weighted by Crippen LogP contribution is -2.16. The third-order valence-corrected chi connectivity index (χ3v) is 4.62. The molecule has 0 amide bonds. The minimum atomic E-state index is -3.19. The summed E-state index contributed by atoms with van der Waals surface area (Å²) in [5.41, 5.74) is 7.24. The Kier molecular flexibility index (Phi) is 3.52. The Labute approximate surface area is 108 Å².